The second kappa shape index (κ2) is 5.98. The molecular weight excluding hydrogens is 292 g/mol. The van der Waals surface area contributed by atoms with E-state index < -0.39 is 0 Å². The largest absolute Gasteiger partial charge is 0.451 e. The number of rotatable bonds is 4. The summed E-state index contributed by atoms with van der Waals surface area (Å²) < 4.78 is 11.1. The number of fused-ring (bicyclic) bond motifs is 1. The number of hydrogen-bond donors (Lipinski definition) is 1. The lowest BCUT2D eigenvalue weighted by Crippen LogP contribution is -2.62. The van der Waals surface area contributed by atoms with Crippen LogP contribution in [0.4, 0.5) is 0 Å². The zero-order chi connectivity index (χ0) is 15.7. The van der Waals surface area contributed by atoms with Crippen LogP contribution in [0.3, 0.4) is 0 Å². The van der Waals surface area contributed by atoms with Crippen molar-refractivity contribution in [3.63, 3.8) is 0 Å². The fourth-order valence-corrected chi connectivity index (χ4v) is 3.65. The lowest BCUT2D eigenvalue weighted by Gasteiger charge is -2.51. The van der Waals surface area contributed by atoms with Crippen molar-refractivity contribution in [1.29, 1.82) is 0 Å². The molecule has 1 saturated carbocycles. The molecule has 2 heterocycles. The van der Waals surface area contributed by atoms with E-state index in [1.54, 1.807) is 0 Å². The third-order valence-corrected chi connectivity index (χ3v) is 5.19. The Morgan fingerprint density at radius 1 is 1.22 bits per heavy atom. The van der Waals surface area contributed by atoms with Crippen molar-refractivity contribution in [3.05, 3.63) is 36.1 Å². The SMILES string of the molecule is O=C(NCC1(N2CCOCC2)CCC1)c1cc2ccccc2o1. The lowest BCUT2D eigenvalue weighted by atomic mass is 9.75. The number of amides is 1. The van der Waals surface area contributed by atoms with Crippen molar-refractivity contribution in [2.45, 2.75) is 24.8 Å². The molecule has 23 heavy (non-hydrogen) atoms. The van der Waals surface area contributed by atoms with Crippen LogP contribution in [-0.4, -0.2) is 49.2 Å². The molecule has 5 heteroatoms. The summed E-state index contributed by atoms with van der Waals surface area (Å²) in [6.45, 7) is 4.18. The van der Waals surface area contributed by atoms with Gasteiger partial charge < -0.3 is 14.5 Å². The third kappa shape index (κ3) is 2.75. The van der Waals surface area contributed by atoms with Crippen LogP contribution in [0.2, 0.25) is 0 Å². The number of furan rings is 1. The van der Waals surface area contributed by atoms with Gasteiger partial charge in [-0.05, 0) is 31.4 Å². The van der Waals surface area contributed by atoms with E-state index in [0.29, 0.717) is 12.3 Å². The Hall–Kier alpha value is -1.85. The highest BCUT2D eigenvalue weighted by molar-refractivity contribution is 5.96. The maximum absolute atomic E-state index is 12.4. The van der Waals surface area contributed by atoms with E-state index in [2.05, 4.69) is 10.2 Å². The quantitative estimate of drug-likeness (QED) is 0.941. The zero-order valence-electron chi connectivity index (χ0n) is 13.2. The standard InChI is InChI=1S/C18H22N2O3/c21-17(16-12-14-4-1-2-5-15(14)23-16)19-13-18(6-3-7-18)20-8-10-22-11-9-20/h1-2,4-5,12H,3,6-11,13H2,(H,19,21). The second-order valence-corrected chi connectivity index (χ2v) is 6.51. The number of nitrogens with zero attached hydrogens (tertiary/aromatic N) is 1. The van der Waals surface area contributed by atoms with Gasteiger partial charge in [-0.2, -0.15) is 0 Å². The van der Waals surface area contributed by atoms with Gasteiger partial charge in [0, 0.05) is 30.6 Å². The molecule has 0 spiro atoms. The summed E-state index contributed by atoms with van der Waals surface area (Å²) in [5, 5.41) is 4.05. The minimum absolute atomic E-state index is 0.117. The maximum Gasteiger partial charge on any atom is 0.287 e. The number of carbonyl (C=O) groups is 1. The van der Waals surface area contributed by atoms with Crippen molar-refractivity contribution in [2.24, 2.45) is 0 Å². The predicted octanol–water partition coefficient (Wildman–Crippen LogP) is 2.42. The minimum Gasteiger partial charge on any atom is -0.451 e. The molecule has 0 unspecified atom stereocenters. The second-order valence-electron chi connectivity index (χ2n) is 6.51. The summed E-state index contributed by atoms with van der Waals surface area (Å²) in [7, 11) is 0. The molecule has 0 bridgehead atoms. The van der Waals surface area contributed by atoms with Crippen LogP contribution in [0.15, 0.2) is 34.7 Å². The number of para-hydroxylation sites is 1. The first kappa shape index (κ1) is 14.7. The van der Waals surface area contributed by atoms with Crippen LogP contribution >= 0.6 is 0 Å². The topological polar surface area (TPSA) is 54.7 Å². The highest BCUT2D eigenvalue weighted by Gasteiger charge is 2.43. The number of morpholine rings is 1. The van der Waals surface area contributed by atoms with Crippen LogP contribution in [0.25, 0.3) is 11.0 Å². The average molecular weight is 314 g/mol. The smallest absolute Gasteiger partial charge is 0.287 e. The zero-order valence-corrected chi connectivity index (χ0v) is 13.2. The first-order valence-corrected chi connectivity index (χ1v) is 8.36. The van der Waals surface area contributed by atoms with Crippen molar-refractivity contribution in [1.82, 2.24) is 10.2 Å². The Bertz CT molecular complexity index is 666. The lowest BCUT2D eigenvalue weighted by molar-refractivity contribution is -0.0540. The number of nitrogens with one attached hydrogen (secondary N) is 1. The Morgan fingerprint density at radius 2 is 2.00 bits per heavy atom. The number of hydrogen-bond acceptors (Lipinski definition) is 4. The van der Waals surface area contributed by atoms with Gasteiger partial charge >= 0.3 is 0 Å². The van der Waals surface area contributed by atoms with E-state index in [0.717, 1.165) is 50.1 Å². The fourth-order valence-electron chi connectivity index (χ4n) is 3.65. The highest BCUT2D eigenvalue weighted by Crippen LogP contribution is 2.37. The minimum atomic E-state index is -0.124. The van der Waals surface area contributed by atoms with Gasteiger partial charge in [0.05, 0.1) is 13.2 Å². The van der Waals surface area contributed by atoms with E-state index >= 15 is 0 Å². The molecule has 1 N–H and O–H groups in total. The normalized spacial score (nSPS) is 21.0. The molecule has 2 fully saturated rings. The van der Waals surface area contributed by atoms with Gasteiger partial charge in [-0.15, -0.1) is 0 Å². The van der Waals surface area contributed by atoms with Gasteiger partial charge in [-0.25, -0.2) is 0 Å². The molecule has 4 rings (SSSR count). The van der Waals surface area contributed by atoms with Gasteiger partial charge in [0.25, 0.3) is 5.91 Å². The van der Waals surface area contributed by atoms with Gasteiger partial charge in [0.2, 0.25) is 0 Å². The molecule has 2 aliphatic rings. The number of ether oxygens (including phenoxy) is 1. The van der Waals surface area contributed by atoms with Crippen LogP contribution in [-0.2, 0) is 4.74 Å². The van der Waals surface area contributed by atoms with Gasteiger partial charge in [0.1, 0.15) is 5.58 Å². The summed E-state index contributed by atoms with van der Waals surface area (Å²) >= 11 is 0. The first-order valence-electron chi connectivity index (χ1n) is 8.36. The van der Waals surface area contributed by atoms with E-state index in [1.165, 1.54) is 6.42 Å². The Labute approximate surface area is 135 Å². The molecule has 1 amide bonds. The van der Waals surface area contributed by atoms with Crippen LogP contribution < -0.4 is 5.32 Å². The van der Waals surface area contributed by atoms with E-state index in [-0.39, 0.29) is 11.4 Å². The number of carbonyl (C=O) groups excluding carboxylic acids is 1. The van der Waals surface area contributed by atoms with Crippen molar-refractivity contribution in [3.8, 4) is 0 Å². The van der Waals surface area contributed by atoms with E-state index in [4.69, 9.17) is 9.15 Å². The molecule has 5 nitrogen and oxygen atoms in total. The van der Waals surface area contributed by atoms with E-state index in [9.17, 15) is 4.79 Å². The highest BCUT2D eigenvalue weighted by atomic mass is 16.5. The number of benzene rings is 1. The van der Waals surface area contributed by atoms with Crippen LogP contribution in [0.1, 0.15) is 29.8 Å². The Kier molecular flexibility index (Phi) is 3.83. The molecular formula is C18H22N2O3. The Morgan fingerprint density at radius 3 is 2.70 bits per heavy atom. The van der Waals surface area contributed by atoms with Crippen LogP contribution in [0.5, 0.6) is 0 Å². The van der Waals surface area contributed by atoms with Crippen molar-refractivity contribution < 1.29 is 13.9 Å². The predicted molar refractivity (Wildman–Crippen MR) is 87.5 cm³/mol. The summed E-state index contributed by atoms with van der Waals surface area (Å²) in [5.74, 6) is 0.267. The molecule has 122 valence electrons. The van der Waals surface area contributed by atoms with Crippen molar-refractivity contribution in [2.75, 3.05) is 32.8 Å². The molecule has 1 aliphatic carbocycles. The summed E-state index contributed by atoms with van der Waals surface area (Å²) in [5.41, 5.74) is 0.870. The van der Waals surface area contributed by atoms with Crippen molar-refractivity contribution >= 4 is 16.9 Å². The summed E-state index contributed by atoms with van der Waals surface area (Å²) in [6, 6.07) is 9.51. The monoisotopic (exact) mass is 314 g/mol. The van der Waals surface area contributed by atoms with Gasteiger partial charge in [-0.3, -0.25) is 9.69 Å². The van der Waals surface area contributed by atoms with Gasteiger partial charge in [0.15, 0.2) is 5.76 Å². The molecule has 1 aromatic carbocycles. The maximum atomic E-state index is 12.4. The summed E-state index contributed by atoms with van der Waals surface area (Å²) in [6.07, 6.45) is 3.53. The average Bonchev–Trinajstić information content (AvgIpc) is 2.99. The first-order chi connectivity index (χ1) is 11.3. The molecule has 1 saturated heterocycles. The molecule has 1 aliphatic heterocycles. The fraction of sp³-hybridized carbons (Fsp3) is 0.500. The van der Waals surface area contributed by atoms with Gasteiger partial charge in [-0.1, -0.05) is 18.2 Å². The molecule has 0 atom stereocenters. The van der Waals surface area contributed by atoms with Crippen LogP contribution in [0, 0.1) is 0 Å². The Balaban J connectivity index is 1.43. The molecule has 2 aromatic rings. The molecule has 0 radical (unpaired) electrons. The molecule has 1 aromatic heterocycles. The summed E-state index contributed by atoms with van der Waals surface area (Å²) in [4.78, 5) is 14.9. The van der Waals surface area contributed by atoms with E-state index in [1.807, 2.05) is 30.3 Å². The third-order valence-electron chi connectivity index (χ3n) is 5.19.